The van der Waals surface area contributed by atoms with Crippen molar-refractivity contribution in [2.75, 3.05) is 21.3 Å². The SMILES string of the molecule is CN=C(NCc1cccc(COCc2ccccc2)c1)NCc1ccc(OC)c(OC)c1. The summed E-state index contributed by atoms with van der Waals surface area (Å²) < 4.78 is 16.5. The summed E-state index contributed by atoms with van der Waals surface area (Å²) in [7, 11) is 5.03. The number of benzene rings is 3. The lowest BCUT2D eigenvalue weighted by Gasteiger charge is -2.14. The number of methoxy groups -OCH3 is 2. The molecule has 0 aliphatic heterocycles. The summed E-state index contributed by atoms with van der Waals surface area (Å²) in [5.41, 5.74) is 4.56. The van der Waals surface area contributed by atoms with Gasteiger partial charge in [-0.3, -0.25) is 4.99 Å². The van der Waals surface area contributed by atoms with Crippen LogP contribution in [0.2, 0.25) is 0 Å². The highest BCUT2D eigenvalue weighted by Gasteiger charge is 2.06. The van der Waals surface area contributed by atoms with Crippen LogP contribution in [-0.4, -0.2) is 27.2 Å². The average molecular weight is 434 g/mol. The van der Waals surface area contributed by atoms with Crippen LogP contribution in [0.15, 0.2) is 77.8 Å². The zero-order chi connectivity index (χ0) is 22.6. The second-order valence-electron chi connectivity index (χ2n) is 7.27. The van der Waals surface area contributed by atoms with E-state index in [9.17, 15) is 0 Å². The van der Waals surface area contributed by atoms with Gasteiger partial charge in [-0.2, -0.15) is 0 Å². The van der Waals surface area contributed by atoms with Crippen LogP contribution in [0.5, 0.6) is 11.5 Å². The summed E-state index contributed by atoms with van der Waals surface area (Å²) in [5, 5.41) is 6.69. The topological polar surface area (TPSA) is 64.1 Å². The van der Waals surface area contributed by atoms with Gasteiger partial charge in [-0.25, -0.2) is 0 Å². The van der Waals surface area contributed by atoms with E-state index in [1.807, 2.05) is 36.4 Å². The highest BCUT2D eigenvalue weighted by molar-refractivity contribution is 5.79. The van der Waals surface area contributed by atoms with Crippen molar-refractivity contribution in [1.29, 1.82) is 0 Å². The maximum absolute atomic E-state index is 5.85. The van der Waals surface area contributed by atoms with E-state index >= 15 is 0 Å². The Balaban J connectivity index is 1.48. The lowest BCUT2D eigenvalue weighted by Crippen LogP contribution is -2.36. The summed E-state index contributed by atoms with van der Waals surface area (Å²) in [6, 6.07) is 24.4. The number of guanidine groups is 1. The molecular formula is C26H31N3O3. The molecule has 0 aromatic heterocycles. The molecule has 6 nitrogen and oxygen atoms in total. The lowest BCUT2D eigenvalue weighted by molar-refractivity contribution is 0.107. The molecule has 0 spiro atoms. The molecule has 2 N–H and O–H groups in total. The van der Waals surface area contributed by atoms with Crippen LogP contribution in [0.3, 0.4) is 0 Å². The molecule has 0 aliphatic rings. The van der Waals surface area contributed by atoms with Gasteiger partial charge in [0.25, 0.3) is 0 Å². The average Bonchev–Trinajstić information content (AvgIpc) is 2.85. The van der Waals surface area contributed by atoms with Crippen molar-refractivity contribution in [3.63, 3.8) is 0 Å². The number of hydrogen-bond donors (Lipinski definition) is 2. The van der Waals surface area contributed by atoms with Gasteiger partial charge in [0.05, 0.1) is 27.4 Å². The number of aliphatic imine (C=N–C) groups is 1. The van der Waals surface area contributed by atoms with Gasteiger partial charge < -0.3 is 24.8 Å². The number of rotatable bonds is 10. The first-order valence-corrected chi connectivity index (χ1v) is 10.6. The molecule has 168 valence electrons. The van der Waals surface area contributed by atoms with Crippen molar-refractivity contribution in [2.45, 2.75) is 26.3 Å². The zero-order valence-electron chi connectivity index (χ0n) is 18.9. The molecule has 0 atom stereocenters. The molecule has 3 rings (SSSR count). The lowest BCUT2D eigenvalue weighted by atomic mass is 10.1. The molecule has 0 unspecified atom stereocenters. The molecule has 0 amide bonds. The minimum absolute atomic E-state index is 0.578. The highest BCUT2D eigenvalue weighted by atomic mass is 16.5. The van der Waals surface area contributed by atoms with E-state index in [0.29, 0.717) is 37.8 Å². The van der Waals surface area contributed by atoms with Crippen LogP contribution in [0, 0.1) is 0 Å². The Morgan fingerprint density at radius 3 is 2.00 bits per heavy atom. The van der Waals surface area contributed by atoms with Crippen molar-refractivity contribution < 1.29 is 14.2 Å². The molecule has 3 aromatic carbocycles. The molecular weight excluding hydrogens is 402 g/mol. The minimum Gasteiger partial charge on any atom is -0.493 e. The van der Waals surface area contributed by atoms with Gasteiger partial charge in [-0.05, 0) is 34.4 Å². The molecule has 0 fully saturated rings. The maximum atomic E-state index is 5.85. The predicted octanol–water partition coefficient (Wildman–Crippen LogP) is 4.29. The van der Waals surface area contributed by atoms with E-state index in [0.717, 1.165) is 17.1 Å². The monoisotopic (exact) mass is 433 g/mol. The highest BCUT2D eigenvalue weighted by Crippen LogP contribution is 2.27. The fraction of sp³-hybridized carbons (Fsp3) is 0.269. The van der Waals surface area contributed by atoms with Crippen molar-refractivity contribution in [3.05, 3.63) is 95.1 Å². The first kappa shape index (κ1) is 23.2. The zero-order valence-corrected chi connectivity index (χ0v) is 18.9. The van der Waals surface area contributed by atoms with Gasteiger partial charge in [0.1, 0.15) is 0 Å². The maximum Gasteiger partial charge on any atom is 0.191 e. The van der Waals surface area contributed by atoms with E-state index in [1.54, 1.807) is 21.3 Å². The van der Waals surface area contributed by atoms with Crippen LogP contribution in [0.1, 0.15) is 22.3 Å². The Bertz CT molecular complexity index is 1010. The number of nitrogens with one attached hydrogen (secondary N) is 2. The Labute approximate surface area is 190 Å². The molecule has 3 aromatic rings. The fourth-order valence-electron chi connectivity index (χ4n) is 3.27. The standard InChI is InChI=1S/C26H31N3O3/c1-27-26(29-17-22-12-13-24(30-2)25(15-22)31-3)28-16-21-10-7-11-23(14-21)19-32-18-20-8-5-4-6-9-20/h4-15H,16-19H2,1-3H3,(H2,27,28,29). The van der Waals surface area contributed by atoms with Gasteiger partial charge in [-0.15, -0.1) is 0 Å². The molecule has 0 bridgehead atoms. The van der Waals surface area contributed by atoms with Gasteiger partial charge in [0, 0.05) is 20.1 Å². The molecule has 0 saturated heterocycles. The van der Waals surface area contributed by atoms with E-state index < -0.39 is 0 Å². The Morgan fingerprint density at radius 2 is 1.31 bits per heavy atom. The van der Waals surface area contributed by atoms with Gasteiger partial charge >= 0.3 is 0 Å². The fourth-order valence-corrected chi connectivity index (χ4v) is 3.27. The first-order chi connectivity index (χ1) is 15.7. The molecule has 0 heterocycles. The second kappa shape index (κ2) is 12.4. The van der Waals surface area contributed by atoms with Crippen LogP contribution >= 0.6 is 0 Å². The number of nitrogens with zero attached hydrogens (tertiary/aromatic N) is 1. The van der Waals surface area contributed by atoms with Crippen LogP contribution in [0.4, 0.5) is 0 Å². The molecule has 0 saturated carbocycles. The van der Waals surface area contributed by atoms with Crippen LogP contribution < -0.4 is 20.1 Å². The predicted molar refractivity (Wildman–Crippen MR) is 128 cm³/mol. The second-order valence-corrected chi connectivity index (χ2v) is 7.27. The van der Waals surface area contributed by atoms with Gasteiger partial charge in [-0.1, -0.05) is 60.7 Å². The van der Waals surface area contributed by atoms with Crippen LogP contribution in [-0.2, 0) is 31.0 Å². The van der Waals surface area contributed by atoms with Gasteiger partial charge in [0.2, 0.25) is 0 Å². The minimum atomic E-state index is 0.578. The van der Waals surface area contributed by atoms with Crippen LogP contribution in [0.25, 0.3) is 0 Å². The third-order valence-electron chi connectivity index (χ3n) is 4.96. The summed E-state index contributed by atoms with van der Waals surface area (Å²) in [5.74, 6) is 2.15. The largest absolute Gasteiger partial charge is 0.493 e. The Hall–Kier alpha value is -3.51. The van der Waals surface area contributed by atoms with Crippen molar-refractivity contribution in [2.24, 2.45) is 4.99 Å². The van der Waals surface area contributed by atoms with Crippen molar-refractivity contribution >= 4 is 5.96 Å². The molecule has 0 radical (unpaired) electrons. The van der Waals surface area contributed by atoms with E-state index in [1.165, 1.54) is 11.1 Å². The summed E-state index contributed by atoms with van der Waals surface area (Å²) in [6.07, 6.45) is 0. The van der Waals surface area contributed by atoms with Crippen molar-refractivity contribution in [3.8, 4) is 11.5 Å². The summed E-state index contributed by atoms with van der Waals surface area (Å²) in [4.78, 5) is 4.31. The van der Waals surface area contributed by atoms with E-state index in [4.69, 9.17) is 14.2 Å². The van der Waals surface area contributed by atoms with Gasteiger partial charge in [0.15, 0.2) is 17.5 Å². The number of ether oxygens (including phenoxy) is 3. The summed E-state index contributed by atoms with van der Waals surface area (Å²) >= 11 is 0. The molecule has 0 aliphatic carbocycles. The third-order valence-corrected chi connectivity index (χ3v) is 4.96. The third kappa shape index (κ3) is 7.03. The normalized spacial score (nSPS) is 11.2. The Kier molecular flexibility index (Phi) is 8.95. The smallest absolute Gasteiger partial charge is 0.191 e. The quantitative estimate of drug-likeness (QED) is 0.369. The molecule has 6 heteroatoms. The Morgan fingerprint density at radius 1 is 0.688 bits per heavy atom. The van der Waals surface area contributed by atoms with E-state index in [2.05, 4.69) is 52.0 Å². The number of hydrogen-bond acceptors (Lipinski definition) is 4. The summed E-state index contributed by atoms with van der Waals surface area (Å²) in [6.45, 7) is 2.47. The van der Waals surface area contributed by atoms with Crippen molar-refractivity contribution in [1.82, 2.24) is 10.6 Å². The molecule has 32 heavy (non-hydrogen) atoms. The first-order valence-electron chi connectivity index (χ1n) is 10.6. The van der Waals surface area contributed by atoms with E-state index in [-0.39, 0.29) is 0 Å².